The third-order valence-electron chi connectivity index (χ3n) is 5.18. The fraction of sp³-hybridized carbons (Fsp3) is 0.650. The second-order valence-corrected chi connectivity index (χ2v) is 7.21. The molecule has 2 aliphatic rings. The molecule has 0 aromatic heterocycles. The van der Waals surface area contributed by atoms with Gasteiger partial charge >= 0.3 is 0 Å². The first-order valence-electron chi connectivity index (χ1n) is 9.60. The van der Waals surface area contributed by atoms with Gasteiger partial charge in [-0.25, -0.2) is 0 Å². The molecule has 0 bridgehead atoms. The first-order chi connectivity index (χ1) is 12.2. The molecule has 25 heavy (non-hydrogen) atoms. The number of phenolic OH excluding ortho intramolecular Hbond substituents is 1. The van der Waals surface area contributed by atoms with Crippen LogP contribution in [0.5, 0.6) is 5.75 Å². The molecule has 1 N–H and O–H groups in total. The summed E-state index contributed by atoms with van der Waals surface area (Å²) < 4.78 is 6.00. The van der Waals surface area contributed by atoms with Gasteiger partial charge in [0.2, 0.25) is 5.91 Å². The van der Waals surface area contributed by atoms with E-state index in [2.05, 4.69) is 4.90 Å². The highest BCUT2D eigenvalue weighted by Gasteiger charge is 2.24. The average Bonchev–Trinajstić information content (AvgIpc) is 2.87. The van der Waals surface area contributed by atoms with E-state index in [0.29, 0.717) is 19.4 Å². The molecule has 138 valence electrons. The lowest BCUT2D eigenvalue weighted by atomic mass is 10.1. The van der Waals surface area contributed by atoms with Crippen molar-refractivity contribution in [1.29, 1.82) is 0 Å². The summed E-state index contributed by atoms with van der Waals surface area (Å²) in [6.07, 6.45) is 6.18. The standard InChI is InChI=1S/C20H30N2O3/c23-18-8-5-17(6-9-18)7-10-20(24)22-13-4-14-25-19(16-22)15-21-11-2-1-3-12-21/h5-6,8-9,19,23H,1-4,7,10-16H2/t19-/m1/s1. The van der Waals surface area contributed by atoms with Gasteiger partial charge in [0.15, 0.2) is 0 Å². The third-order valence-corrected chi connectivity index (χ3v) is 5.18. The summed E-state index contributed by atoms with van der Waals surface area (Å²) in [6.45, 7) is 5.53. The molecule has 2 aliphatic heterocycles. The van der Waals surface area contributed by atoms with Crippen LogP contribution in [0, 0.1) is 0 Å². The van der Waals surface area contributed by atoms with E-state index in [-0.39, 0.29) is 17.8 Å². The molecule has 1 aromatic rings. The summed E-state index contributed by atoms with van der Waals surface area (Å²) in [4.78, 5) is 17.1. The highest BCUT2D eigenvalue weighted by atomic mass is 16.5. The molecule has 5 nitrogen and oxygen atoms in total. The van der Waals surface area contributed by atoms with Crippen LogP contribution in [0.15, 0.2) is 24.3 Å². The van der Waals surface area contributed by atoms with Crippen molar-refractivity contribution < 1.29 is 14.6 Å². The Morgan fingerprint density at radius 2 is 1.84 bits per heavy atom. The summed E-state index contributed by atoms with van der Waals surface area (Å²) >= 11 is 0. The maximum Gasteiger partial charge on any atom is 0.222 e. The Kier molecular flexibility index (Phi) is 6.70. The van der Waals surface area contributed by atoms with Gasteiger partial charge in [-0.2, -0.15) is 0 Å². The number of phenols is 1. The van der Waals surface area contributed by atoms with Crippen molar-refractivity contribution in [3.8, 4) is 5.75 Å². The summed E-state index contributed by atoms with van der Waals surface area (Å²) in [5.74, 6) is 0.475. The molecular weight excluding hydrogens is 316 g/mol. The average molecular weight is 346 g/mol. The summed E-state index contributed by atoms with van der Waals surface area (Å²) in [5, 5.41) is 9.34. The number of benzene rings is 1. The molecule has 2 fully saturated rings. The number of hydrogen-bond acceptors (Lipinski definition) is 4. The van der Waals surface area contributed by atoms with Crippen LogP contribution < -0.4 is 0 Å². The Morgan fingerprint density at radius 3 is 2.60 bits per heavy atom. The lowest BCUT2D eigenvalue weighted by Gasteiger charge is -2.31. The highest BCUT2D eigenvalue weighted by molar-refractivity contribution is 5.76. The van der Waals surface area contributed by atoms with Crippen LogP contribution in [0.3, 0.4) is 0 Å². The van der Waals surface area contributed by atoms with Crippen molar-refractivity contribution in [2.45, 2.75) is 44.6 Å². The van der Waals surface area contributed by atoms with Crippen molar-refractivity contribution in [3.63, 3.8) is 0 Å². The molecule has 1 atom stereocenters. The topological polar surface area (TPSA) is 53.0 Å². The lowest BCUT2D eigenvalue weighted by molar-refractivity contribution is -0.132. The van der Waals surface area contributed by atoms with E-state index < -0.39 is 0 Å². The van der Waals surface area contributed by atoms with Crippen molar-refractivity contribution in [2.24, 2.45) is 0 Å². The van der Waals surface area contributed by atoms with Crippen LogP contribution in [-0.2, 0) is 16.0 Å². The van der Waals surface area contributed by atoms with Crippen LogP contribution >= 0.6 is 0 Å². The number of ether oxygens (including phenoxy) is 1. The van der Waals surface area contributed by atoms with E-state index in [9.17, 15) is 9.90 Å². The number of hydrogen-bond donors (Lipinski definition) is 1. The molecule has 0 unspecified atom stereocenters. The number of likely N-dealkylation sites (tertiary alicyclic amines) is 1. The molecule has 2 heterocycles. The number of aromatic hydroxyl groups is 1. The maximum absolute atomic E-state index is 12.6. The third kappa shape index (κ3) is 5.72. The van der Waals surface area contributed by atoms with Crippen LogP contribution in [-0.4, -0.2) is 66.2 Å². The predicted octanol–water partition coefficient (Wildman–Crippen LogP) is 2.43. The Balaban J connectivity index is 1.49. The quantitative estimate of drug-likeness (QED) is 0.890. The second kappa shape index (κ2) is 9.20. The van der Waals surface area contributed by atoms with E-state index in [4.69, 9.17) is 4.74 Å². The number of rotatable bonds is 5. The monoisotopic (exact) mass is 346 g/mol. The Morgan fingerprint density at radius 1 is 1.08 bits per heavy atom. The minimum Gasteiger partial charge on any atom is -0.508 e. The minimum atomic E-state index is 0.137. The molecule has 1 aromatic carbocycles. The van der Waals surface area contributed by atoms with Crippen molar-refractivity contribution >= 4 is 5.91 Å². The number of piperidine rings is 1. The van der Waals surface area contributed by atoms with Gasteiger partial charge in [-0.3, -0.25) is 4.79 Å². The fourth-order valence-electron chi connectivity index (χ4n) is 3.73. The van der Waals surface area contributed by atoms with Gasteiger partial charge < -0.3 is 19.6 Å². The van der Waals surface area contributed by atoms with Crippen molar-refractivity contribution in [3.05, 3.63) is 29.8 Å². The first-order valence-corrected chi connectivity index (χ1v) is 9.60. The van der Waals surface area contributed by atoms with Gasteiger partial charge in [0.05, 0.1) is 6.10 Å². The normalized spacial score (nSPS) is 22.6. The fourth-order valence-corrected chi connectivity index (χ4v) is 3.73. The number of carbonyl (C=O) groups excluding carboxylic acids is 1. The Hall–Kier alpha value is -1.59. The Labute approximate surface area is 150 Å². The highest BCUT2D eigenvalue weighted by Crippen LogP contribution is 2.15. The zero-order valence-electron chi connectivity index (χ0n) is 15.0. The number of aryl methyl sites for hydroxylation is 1. The van der Waals surface area contributed by atoms with E-state index in [0.717, 1.165) is 44.8 Å². The Bertz CT molecular complexity index is 540. The lowest BCUT2D eigenvalue weighted by Crippen LogP contribution is -2.43. The van der Waals surface area contributed by atoms with E-state index >= 15 is 0 Å². The zero-order valence-corrected chi connectivity index (χ0v) is 15.0. The summed E-state index contributed by atoms with van der Waals surface area (Å²) in [5.41, 5.74) is 1.09. The summed E-state index contributed by atoms with van der Waals surface area (Å²) in [7, 11) is 0. The molecule has 0 saturated carbocycles. The van der Waals surface area contributed by atoms with Gasteiger partial charge in [0.1, 0.15) is 5.75 Å². The van der Waals surface area contributed by atoms with Gasteiger partial charge in [-0.1, -0.05) is 18.6 Å². The van der Waals surface area contributed by atoms with Crippen LogP contribution in [0.4, 0.5) is 0 Å². The van der Waals surface area contributed by atoms with Crippen LogP contribution in [0.1, 0.15) is 37.7 Å². The van der Waals surface area contributed by atoms with Gasteiger partial charge in [-0.05, 0) is 56.5 Å². The molecule has 2 saturated heterocycles. The van der Waals surface area contributed by atoms with Gasteiger partial charge in [0, 0.05) is 32.7 Å². The molecule has 0 radical (unpaired) electrons. The molecule has 3 rings (SSSR count). The molecule has 5 heteroatoms. The van der Waals surface area contributed by atoms with E-state index in [1.807, 2.05) is 17.0 Å². The van der Waals surface area contributed by atoms with E-state index in [1.54, 1.807) is 12.1 Å². The predicted molar refractivity (Wildman–Crippen MR) is 97.7 cm³/mol. The maximum atomic E-state index is 12.6. The number of amides is 1. The van der Waals surface area contributed by atoms with E-state index in [1.165, 1.54) is 19.3 Å². The smallest absolute Gasteiger partial charge is 0.222 e. The van der Waals surface area contributed by atoms with Crippen LogP contribution in [0.2, 0.25) is 0 Å². The van der Waals surface area contributed by atoms with Gasteiger partial charge in [0.25, 0.3) is 0 Å². The minimum absolute atomic E-state index is 0.137. The summed E-state index contributed by atoms with van der Waals surface area (Å²) in [6, 6.07) is 7.11. The van der Waals surface area contributed by atoms with Crippen molar-refractivity contribution in [1.82, 2.24) is 9.80 Å². The molecule has 0 spiro atoms. The molecule has 1 amide bonds. The molecule has 0 aliphatic carbocycles. The first kappa shape index (κ1) is 18.2. The van der Waals surface area contributed by atoms with Crippen LogP contribution in [0.25, 0.3) is 0 Å². The second-order valence-electron chi connectivity index (χ2n) is 7.21. The zero-order chi connectivity index (χ0) is 17.5. The number of carbonyl (C=O) groups is 1. The van der Waals surface area contributed by atoms with Crippen molar-refractivity contribution in [2.75, 3.05) is 39.3 Å². The number of nitrogens with zero attached hydrogens (tertiary/aromatic N) is 2. The largest absolute Gasteiger partial charge is 0.508 e. The molecular formula is C20H30N2O3. The van der Waals surface area contributed by atoms with Gasteiger partial charge in [-0.15, -0.1) is 0 Å². The SMILES string of the molecule is O=C(CCc1ccc(O)cc1)N1CCCO[C@H](CN2CCCCC2)C1.